The van der Waals surface area contributed by atoms with Crippen LogP contribution in [-0.4, -0.2) is 46.1 Å². The molecule has 7 nitrogen and oxygen atoms in total. The molecule has 0 spiro atoms. The molecular weight excluding hydrogens is 338 g/mol. The minimum atomic E-state index is 0.752. The highest BCUT2D eigenvalue weighted by Crippen LogP contribution is 2.16. The van der Waals surface area contributed by atoms with Gasteiger partial charge in [0, 0.05) is 51.3 Å². The molecule has 1 saturated heterocycles. The molecule has 7 heteroatoms. The molecule has 1 aliphatic heterocycles. The standard InChI is InChI=1S/C20H23N7/c1-16-5-2-3-6-17(16)15-24-18-7-10-23-20(25-18)27-13-11-26(12-14-27)19-21-8-4-9-22-19/h2-10H,11-15H2,1H3,(H,23,24,25). The van der Waals surface area contributed by atoms with Crippen molar-refractivity contribution >= 4 is 17.7 Å². The highest BCUT2D eigenvalue weighted by molar-refractivity contribution is 5.44. The summed E-state index contributed by atoms with van der Waals surface area (Å²) in [5, 5.41) is 3.41. The van der Waals surface area contributed by atoms with Crippen molar-refractivity contribution in [3.63, 3.8) is 0 Å². The Hall–Kier alpha value is -3.22. The maximum absolute atomic E-state index is 4.69. The summed E-state index contributed by atoms with van der Waals surface area (Å²) >= 11 is 0. The zero-order valence-electron chi connectivity index (χ0n) is 15.4. The summed E-state index contributed by atoms with van der Waals surface area (Å²) in [5.41, 5.74) is 2.55. The van der Waals surface area contributed by atoms with Gasteiger partial charge in [-0.2, -0.15) is 4.98 Å². The van der Waals surface area contributed by atoms with Crippen LogP contribution in [0.15, 0.2) is 55.0 Å². The van der Waals surface area contributed by atoms with Gasteiger partial charge in [0.15, 0.2) is 0 Å². The van der Waals surface area contributed by atoms with Crippen LogP contribution >= 0.6 is 0 Å². The van der Waals surface area contributed by atoms with Crippen molar-refractivity contribution in [2.24, 2.45) is 0 Å². The number of hydrogen-bond acceptors (Lipinski definition) is 7. The van der Waals surface area contributed by atoms with E-state index in [0.717, 1.165) is 50.4 Å². The lowest BCUT2D eigenvalue weighted by Crippen LogP contribution is -2.47. The third-order valence-corrected chi connectivity index (χ3v) is 4.76. The van der Waals surface area contributed by atoms with Gasteiger partial charge in [0.2, 0.25) is 11.9 Å². The molecule has 0 unspecified atom stereocenters. The lowest BCUT2D eigenvalue weighted by Gasteiger charge is -2.34. The van der Waals surface area contributed by atoms with E-state index < -0.39 is 0 Å². The van der Waals surface area contributed by atoms with Crippen LogP contribution in [0, 0.1) is 6.92 Å². The second kappa shape index (κ2) is 7.99. The van der Waals surface area contributed by atoms with Gasteiger partial charge in [-0.05, 0) is 30.2 Å². The van der Waals surface area contributed by atoms with Crippen LogP contribution in [0.1, 0.15) is 11.1 Å². The summed E-state index contributed by atoms with van der Waals surface area (Å²) in [6, 6.07) is 12.1. The van der Waals surface area contributed by atoms with Gasteiger partial charge in [0.1, 0.15) is 5.82 Å². The molecule has 1 aliphatic rings. The number of nitrogens with zero attached hydrogens (tertiary/aromatic N) is 6. The van der Waals surface area contributed by atoms with Gasteiger partial charge in [0.05, 0.1) is 0 Å². The number of rotatable bonds is 5. The van der Waals surface area contributed by atoms with Crippen LogP contribution in [0.2, 0.25) is 0 Å². The average Bonchev–Trinajstić information content (AvgIpc) is 2.74. The van der Waals surface area contributed by atoms with Crippen LogP contribution in [0.3, 0.4) is 0 Å². The number of nitrogens with one attached hydrogen (secondary N) is 1. The smallest absolute Gasteiger partial charge is 0.227 e. The van der Waals surface area contributed by atoms with E-state index in [4.69, 9.17) is 4.98 Å². The summed E-state index contributed by atoms with van der Waals surface area (Å²) in [6.45, 7) is 6.28. The van der Waals surface area contributed by atoms with E-state index in [1.807, 2.05) is 18.3 Å². The summed E-state index contributed by atoms with van der Waals surface area (Å²) in [7, 11) is 0. The van der Waals surface area contributed by atoms with E-state index in [1.165, 1.54) is 11.1 Å². The molecule has 1 aromatic carbocycles. The van der Waals surface area contributed by atoms with E-state index in [9.17, 15) is 0 Å². The van der Waals surface area contributed by atoms with Crippen molar-refractivity contribution in [1.82, 2.24) is 19.9 Å². The van der Waals surface area contributed by atoms with E-state index in [1.54, 1.807) is 12.4 Å². The minimum Gasteiger partial charge on any atom is -0.366 e. The molecule has 3 heterocycles. The first kappa shape index (κ1) is 17.2. The Morgan fingerprint density at radius 2 is 1.48 bits per heavy atom. The number of aromatic nitrogens is 4. The first-order valence-corrected chi connectivity index (χ1v) is 9.18. The number of hydrogen-bond donors (Lipinski definition) is 1. The SMILES string of the molecule is Cc1ccccc1CNc1ccnc(N2CCN(c3ncccn3)CC2)n1. The molecule has 138 valence electrons. The van der Waals surface area contributed by atoms with Gasteiger partial charge in [-0.25, -0.2) is 15.0 Å². The van der Waals surface area contributed by atoms with Crippen molar-refractivity contribution < 1.29 is 0 Å². The highest BCUT2D eigenvalue weighted by Gasteiger charge is 2.20. The third-order valence-electron chi connectivity index (χ3n) is 4.76. The van der Waals surface area contributed by atoms with Crippen molar-refractivity contribution in [3.8, 4) is 0 Å². The largest absolute Gasteiger partial charge is 0.366 e. The molecular formula is C20H23N7. The average molecular weight is 361 g/mol. The van der Waals surface area contributed by atoms with Gasteiger partial charge in [-0.3, -0.25) is 0 Å². The van der Waals surface area contributed by atoms with Crippen molar-refractivity contribution in [2.45, 2.75) is 13.5 Å². The van der Waals surface area contributed by atoms with E-state index in [-0.39, 0.29) is 0 Å². The van der Waals surface area contributed by atoms with Crippen LogP contribution in [-0.2, 0) is 6.54 Å². The number of aryl methyl sites for hydroxylation is 1. The Kier molecular flexibility index (Phi) is 5.09. The molecule has 0 bridgehead atoms. The highest BCUT2D eigenvalue weighted by atomic mass is 15.4. The maximum Gasteiger partial charge on any atom is 0.227 e. The summed E-state index contributed by atoms with van der Waals surface area (Å²) < 4.78 is 0. The predicted octanol–water partition coefficient (Wildman–Crippen LogP) is 2.51. The normalized spacial score (nSPS) is 14.3. The molecule has 27 heavy (non-hydrogen) atoms. The number of anilines is 3. The summed E-state index contributed by atoms with van der Waals surface area (Å²) in [6.07, 6.45) is 5.37. The molecule has 0 aliphatic carbocycles. The second-order valence-corrected chi connectivity index (χ2v) is 6.54. The summed E-state index contributed by atoms with van der Waals surface area (Å²) in [5.74, 6) is 2.39. The van der Waals surface area contributed by atoms with Crippen LogP contribution in [0.25, 0.3) is 0 Å². The van der Waals surface area contributed by atoms with E-state index in [2.05, 4.69) is 61.3 Å². The number of benzene rings is 1. The molecule has 0 amide bonds. The lowest BCUT2D eigenvalue weighted by molar-refractivity contribution is 0.628. The minimum absolute atomic E-state index is 0.752. The Morgan fingerprint density at radius 3 is 2.22 bits per heavy atom. The molecule has 0 radical (unpaired) electrons. The topological polar surface area (TPSA) is 70.1 Å². The zero-order valence-corrected chi connectivity index (χ0v) is 15.4. The first-order chi connectivity index (χ1) is 13.3. The summed E-state index contributed by atoms with van der Waals surface area (Å²) in [4.78, 5) is 22.2. The van der Waals surface area contributed by atoms with E-state index >= 15 is 0 Å². The molecule has 4 rings (SSSR count). The van der Waals surface area contributed by atoms with Gasteiger partial charge in [-0.15, -0.1) is 0 Å². The zero-order chi connectivity index (χ0) is 18.5. The fraction of sp³-hybridized carbons (Fsp3) is 0.300. The van der Waals surface area contributed by atoms with Gasteiger partial charge in [-0.1, -0.05) is 24.3 Å². The van der Waals surface area contributed by atoms with Gasteiger partial charge >= 0.3 is 0 Å². The van der Waals surface area contributed by atoms with Crippen LogP contribution in [0.4, 0.5) is 17.7 Å². The quantitative estimate of drug-likeness (QED) is 0.749. The second-order valence-electron chi connectivity index (χ2n) is 6.54. The van der Waals surface area contributed by atoms with Crippen LogP contribution in [0.5, 0.6) is 0 Å². The van der Waals surface area contributed by atoms with Crippen molar-refractivity contribution in [3.05, 3.63) is 66.1 Å². The van der Waals surface area contributed by atoms with Crippen LogP contribution < -0.4 is 15.1 Å². The lowest BCUT2D eigenvalue weighted by atomic mass is 10.1. The fourth-order valence-electron chi connectivity index (χ4n) is 3.15. The Balaban J connectivity index is 1.37. The third kappa shape index (κ3) is 4.13. The molecule has 3 aromatic rings. The maximum atomic E-state index is 4.69. The molecule has 1 fully saturated rings. The Morgan fingerprint density at radius 1 is 0.815 bits per heavy atom. The predicted molar refractivity (Wildman–Crippen MR) is 107 cm³/mol. The van der Waals surface area contributed by atoms with Gasteiger partial charge < -0.3 is 15.1 Å². The van der Waals surface area contributed by atoms with Crippen molar-refractivity contribution in [1.29, 1.82) is 0 Å². The monoisotopic (exact) mass is 361 g/mol. The molecule has 2 aromatic heterocycles. The van der Waals surface area contributed by atoms with E-state index in [0.29, 0.717) is 0 Å². The number of piperazine rings is 1. The first-order valence-electron chi connectivity index (χ1n) is 9.18. The molecule has 0 atom stereocenters. The molecule has 1 N–H and O–H groups in total. The fourth-order valence-corrected chi connectivity index (χ4v) is 3.15. The Bertz CT molecular complexity index is 876. The van der Waals surface area contributed by atoms with Gasteiger partial charge in [0.25, 0.3) is 0 Å². The van der Waals surface area contributed by atoms with Crippen molar-refractivity contribution in [2.75, 3.05) is 41.3 Å². The Labute approximate surface area is 159 Å². The molecule has 0 saturated carbocycles.